The van der Waals surface area contributed by atoms with Crippen LogP contribution < -0.4 is 4.74 Å². The predicted molar refractivity (Wildman–Crippen MR) is 166 cm³/mol. The van der Waals surface area contributed by atoms with Crippen molar-refractivity contribution >= 4 is 17.5 Å². The monoisotopic (exact) mass is 632 g/mol. The number of carbonyl (C=O) groups is 2. The fourth-order valence-electron chi connectivity index (χ4n) is 5.08. The van der Waals surface area contributed by atoms with E-state index in [1.807, 2.05) is 43.3 Å². The van der Waals surface area contributed by atoms with E-state index in [1.165, 1.54) is 6.42 Å². The molecule has 1 aliphatic carbocycles. The van der Waals surface area contributed by atoms with Gasteiger partial charge in [-0.15, -0.1) is 0 Å². The summed E-state index contributed by atoms with van der Waals surface area (Å²) in [5.41, 5.74) is -0.240. The Morgan fingerprint density at radius 1 is 0.889 bits per heavy atom. The lowest BCUT2D eigenvalue weighted by molar-refractivity contribution is -0.206. The van der Waals surface area contributed by atoms with Gasteiger partial charge in [0.15, 0.2) is 11.7 Å². The third-order valence-corrected chi connectivity index (χ3v) is 7.77. The Morgan fingerprint density at radius 2 is 1.56 bits per heavy atom. The Labute approximate surface area is 263 Å². The molecule has 0 saturated carbocycles. The molecule has 0 saturated heterocycles. The van der Waals surface area contributed by atoms with Gasteiger partial charge in [-0.1, -0.05) is 108 Å². The van der Waals surface area contributed by atoms with Crippen LogP contribution in [0.2, 0.25) is 0 Å². The van der Waals surface area contributed by atoms with Crippen LogP contribution >= 0.6 is 0 Å². The lowest BCUT2D eigenvalue weighted by Gasteiger charge is -2.30. The number of benzene rings is 2. The van der Waals surface area contributed by atoms with Crippen molar-refractivity contribution < 1.29 is 41.4 Å². The fourth-order valence-corrected chi connectivity index (χ4v) is 5.08. The van der Waals surface area contributed by atoms with E-state index in [1.54, 1.807) is 12.2 Å². The van der Waals surface area contributed by atoms with Crippen LogP contribution in [0, 0.1) is 5.82 Å². The highest BCUT2D eigenvalue weighted by molar-refractivity contribution is 5.91. The second-order valence-corrected chi connectivity index (χ2v) is 11.4. The van der Waals surface area contributed by atoms with Crippen molar-refractivity contribution in [1.82, 2.24) is 0 Å². The average Bonchev–Trinajstić information content (AvgIpc) is 3.02. The van der Waals surface area contributed by atoms with E-state index >= 15 is 0 Å². The van der Waals surface area contributed by atoms with Crippen LogP contribution in [0.1, 0.15) is 107 Å². The van der Waals surface area contributed by atoms with E-state index in [0.29, 0.717) is 13.0 Å². The minimum absolute atomic E-state index is 0.187. The number of allylic oxidation sites excluding steroid dienone is 2. The van der Waals surface area contributed by atoms with E-state index in [0.717, 1.165) is 74.3 Å². The topological polar surface area (TPSA) is 61.8 Å². The number of hydrogen-bond acceptors (Lipinski definition) is 5. The molecule has 0 amide bonds. The maximum absolute atomic E-state index is 15.0. The van der Waals surface area contributed by atoms with Crippen molar-refractivity contribution in [1.29, 1.82) is 0 Å². The van der Waals surface area contributed by atoms with Gasteiger partial charge in [0, 0.05) is 19.1 Å². The van der Waals surface area contributed by atoms with Crippen LogP contribution in [0.25, 0.3) is 5.57 Å². The third kappa shape index (κ3) is 11.1. The lowest BCUT2D eigenvalue weighted by atomic mass is 9.89. The summed E-state index contributed by atoms with van der Waals surface area (Å²) >= 11 is 0. The van der Waals surface area contributed by atoms with Crippen LogP contribution in [0.4, 0.5) is 17.6 Å². The quantitative estimate of drug-likeness (QED) is 0.0709. The van der Waals surface area contributed by atoms with Crippen molar-refractivity contribution in [3.63, 3.8) is 0 Å². The molecule has 2 aromatic rings. The molecule has 2 atom stereocenters. The average molecular weight is 633 g/mol. The molecule has 0 radical (unpaired) electrons. The molecule has 0 N–H and O–H groups in total. The summed E-state index contributed by atoms with van der Waals surface area (Å²) in [5.74, 6) is -3.58. The number of hydrogen-bond donors (Lipinski definition) is 0. The normalized spacial score (nSPS) is 17.1. The van der Waals surface area contributed by atoms with E-state index in [4.69, 9.17) is 9.47 Å². The number of rotatable bonds is 18. The van der Waals surface area contributed by atoms with Crippen LogP contribution in [0.3, 0.4) is 0 Å². The molecule has 5 nitrogen and oxygen atoms in total. The molecule has 246 valence electrons. The maximum atomic E-state index is 15.0. The lowest BCUT2D eigenvalue weighted by Crippen LogP contribution is -2.43. The zero-order valence-corrected chi connectivity index (χ0v) is 26.2. The zero-order valence-electron chi connectivity index (χ0n) is 26.2. The van der Waals surface area contributed by atoms with E-state index in [-0.39, 0.29) is 18.6 Å². The molecular formula is C36H44F4O5. The molecule has 0 aliphatic heterocycles. The molecule has 2 unspecified atom stereocenters. The summed E-state index contributed by atoms with van der Waals surface area (Å²) in [6.45, 7) is 4.40. The van der Waals surface area contributed by atoms with Crippen LogP contribution in [-0.4, -0.2) is 36.4 Å². The van der Waals surface area contributed by atoms with Crippen molar-refractivity contribution in [2.45, 2.75) is 109 Å². The highest BCUT2D eigenvalue weighted by atomic mass is 19.4. The van der Waals surface area contributed by atoms with Crippen molar-refractivity contribution in [2.75, 3.05) is 6.61 Å². The number of ether oxygens (including phenoxy) is 3. The largest absolute Gasteiger partial charge is 0.449 e. The molecule has 9 heteroatoms. The Bertz CT molecular complexity index is 1290. The number of alkyl halides is 3. The van der Waals surface area contributed by atoms with Crippen molar-refractivity contribution in [2.24, 2.45) is 0 Å². The smallest absolute Gasteiger partial charge is 0.425 e. The maximum Gasteiger partial charge on any atom is 0.425 e. The fraction of sp³-hybridized carbons (Fsp3) is 0.500. The number of unbranched alkanes of at least 4 members (excludes halogenated alkanes) is 8. The van der Waals surface area contributed by atoms with E-state index < -0.39 is 47.6 Å². The molecule has 0 heterocycles. The Balaban J connectivity index is 1.70. The van der Waals surface area contributed by atoms with Gasteiger partial charge < -0.3 is 14.2 Å². The number of halogens is 4. The van der Waals surface area contributed by atoms with Gasteiger partial charge in [0.2, 0.25) is 0 Å². The summed E-state index contributed by atoms with van der Waals surface area (Å²) in [6.07, 6.45) is 6.61. The third-order valence-electron chi connectivity index (χ3n) is 7.77. The van der Waals surface area contributed by atoms with Gasteiger partial charge in [-0.3, -0.25) is 0 Å². The summed E-state index contributed by atoms with van der Waals surface area (Å²) in [6, 6.07) is 12.6. The van der Waals surface area contributed by atoms with Gasteiger partial charge in [-0.2, -0.15) is 13.2 Å². The second-order valence-electron chi connectivity index (χ2n) is 11.4. The van der Waals surface area contributed by atoms with Gasteiger partial charge in [-0.05, 0) is 48.6 Å². The molecule has 3 rings (SSSR count). The molecule has 0 bridgehead atoms. The molecule has 45 heavy (non-hydrogen) atoms. The Kier molecular flexibility index (Phi) is 14.3. The summed E-state index contributed by atoms with van der Waals surface area (Å²) < 4.78 is 71.7. The Hall–Kier alpha value is -3.46. The van der Waals surface area contributed by atoms with Crippen LogP contribution in [0.15, 0.2) is 66.8 Å². The van der Waals surface area contributed by atoms with Gasteiger partial charge >= 0.3 is 18.1 Å². The van der Waals surface area contributed by atoms with Gasteiger partial charge in [-0.25, -0.2) is 14.0 Å². The van der Waals surface area contributed by atoms with Crippen LogP contribution in [-0.2, 0) is 14.3 Å². The molecule has 2 aromatic carbocycles. The van der Waals surface area contributed by atoms with E-state index in [9.17, 15) is 27.2 Å². The minimum Gasteiger partial charge on any atom is -0.449 e. The summed E-state index contributed by atoms with van der Waals surface area (Å²) in [4.78, 5) is 26.0. The highest BCUT2D eigenvalue weighted by Gasteiger charge is 2.43. The molecule has 0 fully saturated rings. The first kappa shape index (κ1) is 36.0. The SMILES string of the molecule is CCCCCCCCOC1(C(=O)Oc2ccc(C(=O)OC(CCCCCC)C(F)(F)F)c(F)c2)C=CC(c2ccccc2)=CC1. The van der Waals surface area contributed by atoms with E-state index in [2.05, 4.69) is 11.7 Å². The predicted octanol–water partition coefficient (Wildman–Crippen LogP) is 9.95. The standard InChI is InChI=1S/C36H44F4O5/c1-3-5-7-9-10-15-25-43-35(23-21-28(22-24-35)27-16-12-11-13-17-27)34(42)44-29-19-20-30(31(37)26-29)33(41)45-32(36(38,39)40)18-14-8-6-4-2/h11-13,16-17,19-23,26,32H,3-10,14-15,18,24-25H2,1-2H3. The van der Waals surface area contributed by atoms with Crippen LogP contribution in [0.5, 0.6) is 5.75 Å². The molecule has 0 aromatic heterocycles. The van der Waals surface area contributed by atoms with Gasteiger partial charge in [0.25, 0.3) is 0 Å². The molecular weight excluding hydrogens is 588 g/mol. The second kappa shape index (κ2) is 17.9. The van der Waals surface area contributed by atoms with Gasteiger partial charge in [0.05, 0.1) is 5.56 Å². The first-order valence-electron chi connectivity index (χ1n) is 16.0. The highest BCUT2D eigenvalue weighted by Crippen LogP contribution is 2.33. The minimum atomic E-state index is -4.78. The van der Waals surface area contributed by atoms with Crippen molar-refractivity contribution in [3.8, 4) is 5.75 Å². The van der Waals surface area contributed by atoms with Gasteiger partial charge in [0.1, 0.15) is 11.6 Å². The zero-order chi connectivity index (χ0) is 32.7. The first-order valence-corrected chi connectivity index (χ1v) is 16.0. The summed E-state index contributed by atoms with van der Waals surface area (Å²) in [5, 5.41) is 0. The Morgan fingerprint density at radius 3 is 2.18 bits per heavy atom. The number of carbonyl (C=O) groups excluding carboxylic acids is 2. The first-order chi connectivity index (χ1) is 21.6. The molecule has 0 spiro atoms. The number of esters is 2. The molecule has 1 aliphatic rings. The van der Waals surface area contributed by atoms with Crippen molar-refractivity contribution in [3.05, 3.63) is 83.7 Å². The summed E-state index contributed by atoms with van der Waals surface area (Å²) in [7, 11) is 0.